The minimum absolute atomic E-state index is 0.0174. The van der Waals surface area contributed by atoms with Gasteiger partial charge in [0, 0.05) is 12.3 Å². The number of aliphatic hydroxyl groups excluding tert-OH is 2. The molecule has 4 nitrogen and oxygen atoms in total. The van der Waals surface area contributed by atoms with Crippen LogP contribution in [0.15, 0.2) is 23.3 Å². The average molecular weight is 395 g/mol. The molecule has 3 N–H and O–H groups in total. The van der Waals surface area contributed by atoms with Gasteiger partial charge in [-0.3, -0.25) is 4.79 Å². The second-order valence-electron chi connectivity index (χ2n) is 8.41. The van der Waals surface area contributed by atoms with E-state index in [9.17, 15) is 15.0 Å². The first kappa shape index (κ1) is 24.9. The molecule has 1 aliphatic carbocycles. The standard InChI is InChI=1S/C24H42O4/c1-4-6-9-12-19(25)15-16-21-20(13-10-7-8-11-14-24(27)28)22(17-23(21)26)18(3)5-2/h15-16,18-19,21,23,25-26H,4-14,17H2,1-3H3,(H,27,28)/t18?,19-,21+,23+/m0/s1. The number of unbranched alkanes of at least 4 members (excludes halogenated alkanes) is 5. The summed E-state index contributed by atoms with van der Waals surface area (Å²) in [6.45, 7) is 6.58. The average Bonchev–Trinajstić information content (AvgIpc) is 2.97. The third-order valence-corrected chi connectivity index (χ3v) is 6.10. The fraction of sp³-hybridized carbons (Fsp3) is 0.792. The molecule has 0 bridgehead atoms. The Morgan fingerprint density at radius 2 is 1.86 bits per heavy atom. The molecule has 0 saturated heterocycles. The Morgan fingerprint density at radius 1 is 1.14 bits per heavy atom. The first-order chi connectivity index (χ1) is 13.4. The summed E-state index contributed by atoms with van der Waals surface area (Å²) < 4.78 is 0. The molecule has 0 aromatic heterocycles. The van der Waals surface area contributed by atoms with Crippen LogP contribution in [-0.4, -0.2) is 33.5 Å². The molecule has 28 heavy (non-hydrogen) atoms. The Hall–Kier alpha value is -1.13. The SMILES string of the molecule is CCCCC[C@H](O)C=C[C@@H]1C(CCCCCCC(=O)O)=C(C(C)CC)C[C@H]1O. The molecule has 4 heteroatoms. The summed E-state index contributed by atoms with van der Waals surface area (Å²) in [6, 6.07) is 0. The summed E-state index contributed by atoms with van der Waals surface area (Å²) in [6.07, 6.45) is 14.0. The van der Waals surface area contributed by atoms with Gasteiger partial charge in [-0.2, -0.15) is 0 Å². The molecule has 0 spiro atoms. The molecule has 0 radical (unpaired) electrons. The van der Waals surface area contributed by atoms with Crippen LogP contribution in [0.5, 0.6) is 0 Å². The second kappa shape index (κ2) is 13.9. The first-order valence-corrected chi connectivity index (χ1v) is 11.4. The molecule has 1 unspecified atom stereocenters. The van der Waals surface area contributed by atoms with E-state index in [4.69, 9.17) is 5.11 Å². The van der Waals surface area contributed by atoms with Gasteiger partial charge in [0.05, 0.1) is 12.2 Å². The highest BCUT2D eigenvalue weighted by molar-refractivity contribution is 5.66. The Labute approximate surface area is 171 Å². The molecule has 0 saturated carbocycles. The Balaban J connectivity index is 2.68. The third kappa shape index (κ3) is 8.91. The van der Waals surface area contributed by atoms with E-state index in [2.05, 4.69) is 20.8 Å². The lowest BCUT2D eigenvalue weighted by Gasteiger charge is -2.17. The Bertz CT molecular complexity index is 509. The number of aliphatic hydroxyl groups is 2. The number of carbonyl (C=O) groups is 1. The van der Waals surface area contributed by atoms with Gasteiger partial charge in [-0.15, -0.1) is 0 Å². The minimum atomic E-state index is -0.719. The summed E-state index contributed by atoms with van der Waals surface area (Å²) in [5.41, 5.74) is 2.76. The van der Waals surface area contributed by atoms with E-state index >= 15 is 0 Å². The highest BCUT2D eigenvalue weighted by atomic mass is 16.4. The van der Waals surface area contributed by atoms with Crippen molar-refractivity contribution in [2.75, 3.05) is 0 Å². The van der Waals surface area contributed by atoms with Crippen molar-refractivity contribution in [2.45, 2.75) is 110 Å². The number of rotatable bonds is 15. The molecule has 0 aromatic carbocycles. The van der Waals surface area contributed by atoms with Crippen LogP contribution < -0.4 is 0 Å². The van der Waals surface area contributed by atoms with Crippen LogP contribution in [0.3, 0.4) is 0 Å². The van der Waals surface area contributed by atoms with Gasteiger partial charge in [-0.25, -0.2) is 0 Å². The fourth-order valence-corrected chi connectivity index (χ4v) is 4.16. The van der Waals surface area contributed by atoms with Crippen LogP contribution >= 0.6 is 0 Å². The monoisotopic (exact) mass is 394 g/mol. The summed E-state index contributed by atoms with van der Waals surface area (Å²) >= 11 is 0. The Morgan fingerprint density at radius 3 is 2.50 bits per heavy atom. The van der Waals surface area contributed by atoms with Gasteiger partial charge in [-0.1, -0.05) is 76.2 Å². The number of hydrogen-bond donors (Lipinski definition) is 3. The van der Waals surface area contributed by atoms with Crippen molar-refractivity contribution >= 4 is 5.97 Å². The summed E-state index contributed by atoms with van der Waals surface area (Å²) in [5, 5.41) is 29.6. The smallest absolute Gasteiger partial charge is 0.303 e. The lowest BCUT2D eigenvalue weighted by Crippen LogP contribution is -2.15. The summed E-state index contributed by atoms with van der Waals surface area (Å²) in [5.74, 6) is -0.225. The number of aliphatic carboxylic acids is 1. The van der Waals surface area contributed by atoms with Crippen molar-refractivity contribution in [3.05, 3.63) is 23.3 Å². The molecule has 1 rings (SSSR count). The van der Waals surface area contributed by atoms with E-state index in [0.29, 0.717) is 5.92 Å². The van der Waals surface area contributed by atoms with Gasteiger partial charge in [0.15, 0.2) is 0 Å². The molecule has 0 fully saturated rings. The largest absolute Gasteiger partial charge is 0.481 e. The van der Waals surface area contributed by atoms with E-state index in [1.165, 1.54) is 11.1 Å². The van der Waals surface area contributed by atoms with Gasteiger partial charge < -0.3 is 15.3 Å². The van der Waals surface area contributed by atoms with Crippen LogP contribution in [0.4, 0.5) is 0 Å². The predicted octanol–water partition coefficient (Wildman–Crippen LogP) is 5.63. The molecule has 0 heterocycles. The topological polar surface area (TPSA) is 77.8 Å². The number of carboxylic acid groups (broad SMARTS) is 1. The quantitative estimate of drug-likeness (QED) is 0.248. The van der Waals surface area contributed by atoms with Gasteiger partial charge >= 0.3 is 5.97 Å². The van der Waals surface area contributed by atoms with Gasteiger partial charge in [0.1, 0.15) is 0 Å². The van der Waals surface area contributed by atoms with Gasteiger partial charge in [0.25, 0.3) is 0 Å². The Kier molecular flexibility index (Phi) is 12.4. The summed E-state index contributed by atoms with van der Waals surface area (Å²) in [7, 11) is 0. The van der Waals surface area contributed by atoms with Crippen LogP contribution in [0.25, 0.3) is 0 Å². The van der Waals surface area contributed by atoms with Gasteiger partial charge in [-0.05, 0) is 44.4 Å². The zero-order valence-electron chi connectivity index (χ0n) is 18.2. The fourth-order valence-electron chi connectivity index (χ4n) is 4.16. The normalized spacial score (nSPS) is 22.2. The van der Waals surface area contributed by atoms with Crippen molar-refractivity contribution in [3.8, 4) is 0 Å². The van der Waals surface area contributed by atoms with E-state index in [-0.39, 0.29) is 18.4 Å². The molecular weight excluding hydrogens is 352 g/mol. The van der Waals surface area contributed by atoms with Gasteiger partial charge in [0.2, 0.25) is 0 Å². The molecule has 162 valence electrons. The van der Waals surface area contributed by atoms with Crippen molar-refractivity contribution < 1.29 is 20.1 Å². The van der Waals surface area contributed by atoms with E-state index < -0.39 is 12.1 Å². The van der Waals surface area contributed by atoms with Crippen LogP contribution in [-0.2, 0) is 4.79 Å². The molecule has 0 aromatic rings. The molecule has 0 aliphatic heterocycles. The zero-order chi connectivity index (χ0) is 20.9. The second-order valence-corrected chi connectivity index (χ2v) is 8.41. The van der Waals surface area contributed by atoms with Crippen molar-refractivity contribution in [2.24, 2.45) is 11.8 Å². The molecular formula is C24H42O4. The molecule has 0 amide bonds. The van der Waals surface area contributed by atoms with Crippen LogP contribution in [0.1, 0.15) is 97.8 Å². The third-order valence-electron chi connectivity index (χ3n) is 6.10. The van der Waals surface area contributed by atoms with E-state index in [1.54, 1.807) is 0 Å². The van der Waals surface area contributed by atoms with Crippen LogP contribution in [0, 0.1) is 11.8 Å². The van der Waals surface area contributed by atoms with Crippen LogP contribution in [0.2, 0.25) is 0 Å². The van der Waals surface area contributed by atoms with E-state index in [1.807, 2.05) is 12.2 Å². The lowest BCUT2D eigenvalue weighted by atomic mass is 9.89. The maximum Gasteiger partial charge on any atom is 0.303 e. The number of hydrogen-bond acceptors (Lipinski definition) is 3. The highest BCUT2D eigenvalue weighted by Crippen LogP contribution is 2.41. The summed E-state index contributed by atoms with van der Waals surface area (Å²) in [4.78, 5) is 10.6. The first-order valence-electron chi connectivity index (χ1n) is 11.4. The predicted molar refractivity (Wildman–Crippen MR) is 115 cm³/mol. The van der Waals surface area contributed by atoms with E-state index in [0.717, 1.165) is 70.6 Å². The minimum Gasteiger partial charge on any atom is -0.481 e. The zero-order valence-corrected chi connectivity index (χ0v) is 18.2. The lowest BCUT2D eigenvalue weighted by molar-refractivity contribution is -0.137. The maximum absolute atomic E-state index is 10.7. The van der Waals surface area contributed by atoms with Crippen molar-refractivity contribution in [3.63, 3.8) is 0 Å². The molecule has 1 aliphatic rings. The molecule has 4 atom stereocenters. The van der Waals surface area contributed by atoms with Crippen molar-refractivity contribution in [1.82, 2.24) is 0 Å². The highest BCUT2D eigenvalue weighted by Gasteiger charge is 2.32. The maximum atomic E-state index is 10.7. The number of carboxylic acids is 1. The van der Waals surface area contributed by atoms with Crippen molar-refractivity contribution in [1.29, 1.82) is 0 Å².